The summed E-state index contributed by atoms with van der Waals surface area (Å²) in [6.45, 7) is 0.421. The van der Waals surface area contributed by atoms with Crippen LogP contribution in [0.3, 0.4) is 0 Å². The number of amides is 1. The first-order valence-electron chi connectivity index (χ1n) is 8.67. The Morgan fingerprint density at radius 3 is 2.31 bits per heavy atom. The molecule has 0 aromatic heterocycles. The minimum Gasteiger partial charge on any atom is -0.493 e. The fourth-order valence-electron chi connectivity index (χ4n) is 2.66. The first-order chi connectivity index (χ1) is 14.0. The molecule has 3 aromatic carbocycles. The van der Waals surface area contributed by atoms with E-state index in [4.69, 9.17) is 21.1 Å². The molecule has 0 aliphatic carbocycles. The van der Waals surface area contributed by atoms with Crippen molar-refractivity contribution in [2.24, 2.45) is 0 Å². The normalized spacial score (nSPS) is 10.3. The van der Waals surface area contributed by atoms with Crippen molar-refractivity contribution in [2.45, 2.75) is 6.61 Å². The van der Waals surface area contributed by atoms with Gasteiger partial charge in [-0.1, -0.05) is 41.9 Å². The second-order valence-electron chi connectivity index (χ2n) is 6.10. The number of hydrogen-bond donors (Lipinski definition) is 2. The second kappa shape index (κ2) is 9.12. The largest absolute Gasteiger partial charge is 0.493 e. The summed E-state index contributed by atoms with van der Waals surface area (Å²) in [7, 11) is 1.39. The van der Waals surface area contributed by atoms with Gasteiger partial charge in [0.05, 0.1) is 23.4 Å². The van der Waals surface area contributed by atoms with Gasteiger partial charge in [0.15, 0.2) is 5.75 Å². The number of carboxylic acids is 1. The number of hydrogen-bond acceptors (Lipinski definition) is 4. The van der Waals surface area contributed by atoms with Crippen molar-refractivity contribution in [3.63, 3.8) is 0 Å². The van der Waals surface area contributed by atoms with Gasteiger partial charge in [-0.3, -0.25) is 4.79 Å². The number of benzene rings is 3. The molecule has 0 fully saturated rings. The SMILES string of the molecule is COc1c(Cl)cc(C(=O)O)cc1NC(=O)c1ccc(OCc2ccccc2)cc1. The van der Waals surface area contributed by atoms with E-state index in [1.165, 1.54) is 19.2 Å². The van der Waals surface area contributed by atoms with Crippen LogP contribution in [-0.2, 0) is 6.61 Å². The number of nitrogens with one attached hydrogen (secondary N) is 1. The number of halogens is 1. The van der Waals surface area contributed by atoms with Gasteiger partial charge in [0.1, 0.15) is 12.4 Å². The molecular formula is C22H18ClNO5. The summed E-state index contributed by atoms with van der Waals surface area (Å²) >= 11 is 6.06. The number of carbonyl (C=O) groups excluding carboxylic acids is 1. The molecule has 0 aliphatic heterocycles. The van der Waals surface area contributed by atoms with Gasteiger partial charge in [0.2, 0.25) is 0 Å². The molecule has 0 aliphatic rings. The maximum atomic E-state index is 12.6. The van der Waals surface area contributed by atoms with Crippen molar-refractivity contribution in [2.75, 3.05) is 12.4 Å². The maximum absolute atomic E-state index is 12.6. The molecule has 6 nitrogen and oxygen atoms in total. The van der Waals surface area contributed by atoms with Gasteiger partial charge in [-0.05, 0) is 42.0 Å². The standard InChI is InChI=1S/C22H18ClNO5/c1-28-20-18(23)11-16(22(26)27)12-19(20)24-21(25)15-7-9-17(10-8-15)29-13-14-5-3-2-4-6-14/h2-12H,13H2,1H3,(H,24,25)(H,26,27). The summed E-state index contributed by atoms with van der Waals surface area (Å²) < 4.78 is 10.9. The van der Waals surface area contributed by atoms with Crippen LogP contribution in [0.4, 0.5) is 5.69 Å². The average Bonchev–Trinajstić information content (AvgIpc) is 2.73. The number of anilines is 1. The van der Waals surface area contributed by atoms with Crippen LogP contribution in [-0.4, -0.2) is 24.1 Å². The van der Waals surface area contributed by atoms with Crippen LogP contribution in [0.2, 0.25) is 5.02 Å². The second-order valence-corrected chi connectivity index (χ2v) is 6.50. The fourth-order valence-corrected chi connectivity index (χ4v) is 2.95. The molecule has 0 spiro atoms. The Balaban J connectivity index is 1.72. The van der Waals surface area contributed by atoms with Crippen LogP contribution >= 0.6 is 11.6 Å². The smallest absolute Gasteiger partial charge is 0.335 e. The number of rotatable bonds is 7. The van der Waals surface area contributed by atoms with Crippen LogP contribution < -0.4 is 14.8 Å². The number of carbonyl (C=O) groups is 2. The van der Waals surface area contributed by atoms with Gasteiger partial charge in [-0.25, -0.2) is 4.79 Å². The molecule has 7 heteroatoms. The molecule has 0 radical (unpaired) electrons. The van der Waals surface area contributed by atoms with Crippen molar-refractivity contribution in [1.29, 1.82) is 0 Å². The number of carboxylic acid groups (broad SMARTS) is 1. The summed E-state index contributed by atoms with van der Waals surface area (Å²) in [4.78, 5) is 23.8. The van der Waals surface area contributed by atoms with Crippen LogP contribution in [0, 0.1) is 0 Å². The van der Waals surface area contributed by atoms with E-state index in [1.807, 2.05) is 30.3 Å². The van der Waals surface area contributed by atoms with Crippen molar-refractivity contribution in [1.82, 2.24) is 0 Å². The Morgan fingerprint density at radius 1 is 1.00 bits per heavy atom. The summed E-state index contributed by atoms with van der Waals surface area (Å²) in [5.41, 5.74) is 1.52. The fraction of sp³-hybridized carbons (Fsp3) is 0.0909. The minimum absolute atomic E-state index is 0.0595. The predicted octanol–water partition coefficient (Wildman–Crippen LogP) is 4.88. The van der Waals surface area contributed by atoms with E-state index in [0.29, 0.717) is 17.9 Å². The van der Waals surface area contributed by atoms with Gasteiger partial charge in [0, 0.05) is 5.56 Å². The maximum Gasteiger partial charge on any atom is 0.335 e. The van der Waals surface area contributed by atoms with E-state index in [0.717, 1.165) is 5.56 Å². The summed E-state index contributed by atoms with van der Waals surface area (Å²) in [6, 6.07) is 18.9. The highest BCUT2D eigenvalue weighted by molar-refractivity contribution is 6.33. The van der Waals surface area contributed by atoms with E-state index >= 15 is 0 Å². The van der Waals surface area contributed by atoms with E-state index in [9.17, 15) is 14.7 Å². The highest BCUT2D eigenvalue weighted by atomic mass is 35.5. The number of aromatic carboxylic acids is 1. The molecule has 2 N–H and O–H groups in total. The Kier molecular flexibility index (Phi) is 6.36. The third-order valence-electron chi connectivity index (χ3n) is 4.11. The molecule has 1 amide bonds. The summed E-state index contributed by atoms with van der Waals surface area (Å²) in [5, 5.41) is 11.9. The zero-order valence-electron chi connectivity index (χ0n) is 15.5. The Labute approximate surface area is 172 Å². The molecule has 0 saturated carbocycles. The molecule has 0 heterocycles. The lowest BCUT2D eigenvalue weighted by Gasteiger charge is -2.13. The number of methoxy groups -OCH3 is 1. The first kappa shape index (κ1) is 20.2. The molecular weight excluding hydrogens is 394 g/mol. The molecule has 29 heavy (non-hydrogen) atoms. The zero-order valence-corrected chi connectivity index (χ0v) is 16.3. The Hall–Kier alpha value is -3.51. The predicted molar refractivity (Wildman–Crippen MR) is 110 cm³/mol. The molecule has 148 valence electrons. The Bertz CT molecular complexity index is 1020. The van der Waals surface area contributed by atoms with E-state index in [2.05, 4.69) is 5.32 Å². The molecule has 0 atom stereocenters. The minimum atomic E-state index is -1.16. The highest BCUT2D eigenvalue weighted by Gasteiger charge is 2.16. The zero-order chi connectivity index (χ0) is 20.8. The van der Waals surface area contributed by atoms with Crippen molar-refractivity contribution >= 4 is 29.2 Å². The molecule has 3 rings (SSSR count). The van der Waals surface area contributed by atoms with Gasteiger partial charge >= 0.3 is 5.97 Å². The highest BCUT2D eigenvalue weighted by Crippen LogP contribution is 2.34. The van der Waals surface area contributed by atoms with Crippen LogP contribution in [0.15, 0.2) is 66.7 Å². The first-order valence-corrected chi connectivity index (χ1v) is 9.04. The van der Waals surface area contributed by atoms with E-state index in [1.54, 1.807) is 24.3 Å². The monoisotopic (exact) mass is 411 g/mol. The van der Waals surface area contributed by atoms with Crippen molar-refractivity contribution in [3.8, 4) is 11.5 Å². The third kappa shape index (κ3) is 5.06. The van der Waals surface area contributed by atoms with Crippen LogP contribution in [0.1, 0.15) is 26.3 Å². The van der Waals surface area contributed by atoms with Crippen molar-refractivity contribution < 1.29 is 24.2 Å². The van der Waals surface area contributed by atoms with Gasteiger partial charge in [-0.2, -0.15) is 0 Å². The lowest BCUT2D eigenvalue weighted by atomic mass is 10.1. The third-order valence-corrected chi connectivity index (χ3v) is 4.39. The Morgan fingerprint density at radius 2 is 1.69 bits per heavy atom. The molecule has 0 saturated heterocycles. The van der Waals surface area contributed by atoms with Gasteiger partial charge in [0.25, 0.3) is 5.91 Å². The van der Waals surface area contributed by atoms with Gasteiger partial charge in [-0.15, -0.1) is 0 Å². The van der Waals surface area contributed by atoms with Crippen LogP contribution in [0.5, 0.6) is 11.5 Å². The van der Waals surface area contributed by atoms with Crippen LogP contribution in [0.25, 0.3) is 0 Å². The van der Waals surface area contributed by atoms with Crippen molar-refractivity contribution in [3.05, 3.63) is 88.4 Å². The summed E-state index contributed by atoms with van der Waals surface area (Å²) in [5.74, 6) is -0.784. The molecule has 3 aromatic rings. The topological polar surface area (TPSA) is 84.9 Å². The quantitative estimate of drug-likeness (QED) is 0.579. The van der Waals surface area contributed by atoms with E-state index < -0.39 is 11.9 Å². The summed E-state index contributed by atoms with van der Waals surface area (Å²) in [6.07, 6.45) is 0. The van der Waals surface area contributed by atoms with Gasteiger partial charge < -0.3 is 19.9 Å². The van der Waals surface area contributed by atoms with E-state index in [-0.39, 0.29) is 22.0 Å². The lowest BCUT2D eigenvalue weighted by molar-refractivity contribution is 0.0696. The average molecular weight is 412 g/mol. The number of ether oxygens (including phenoxy) is 2. The lowest BCUT2D eigenvalue weighted by Crippen LogP contribution is -2.13. The molecule has 0 bridgehead atoms. The molecule has 0 unspecified atom stereocenters.